The maximum Gasteiger partial charge on any atom is 0.320 e. The van der Waals surface area contributed by atoms with Crippen molar-refractivity contribution >= 4 is 51.8 Å². The van der Waals surface area contributed by atoms with E-state index in [2.05, 4.69) is 41.1 Å². The van der Waals surface area contributed by atoms with E-state index in [1.54, 1.807) is 12.3 Å². The van der Waals surface area contributed by atoms with E-state index in [0.29, 0.717) is 29.9 Å². The Balaban J connectivity index is 1.44. The molecule has 2 amide bonds. The Morgan fingerprint density at radius 3 is 2.78 bits per heavy atom. The van der Waals surface area contributed by atoms with Crippen molar-refractivity contribution in [2.24, 2.45) is 5.92 Å². The summed E-state index contributed by atoms with van der Waals surface area (Å²) in [4.78, 5) is 27.5. The first-order valence-electron chi connectivity index (χ1n) is 10.6. The van der Waals surface area contributed by atoms with E-state index in [-0.39, 0.29) is 11.5 Å². The zero-order chi connectivity index (χ0) is 22.5. The van der Waals surface area contributed by atoms with Gasteiger partial charge in [0, 0.05) is 49.1 Å². The van der Waals surface area contributed by atoms with Crippen LogP contribution in [-0.4, -0.2) is 52.7 Å². The molecule has 10 heteroatoms. The zero-order valence-electron chi connectivity index (χ0n) is 18.1. The van der Waals surface area contributed by atoms with E-state index in [1.165, 1.54) is 0 Å². The number of hydrogen-bond acceptors (Lipinski definition) is 7. The van der Waals surface area contributed by atoms with Crippen LogP contribution in [0.4, 0.5) is 27.9 Å². The third kappa shape index (κ3) is 5.54. The molecule has 1 aliphatic rings. The van der Waals surface area contributed by atoms with Gasteiger partial charge in [-0.2, -0.15) is 4.98 Å². The Kier molecular flexibility index (Phi) is 6.87. The maximum atomic E-state index is 12.0. The Morgan fingerprint density at radius 2 is 2.03 bits per heavy atom. The molecule has 0 bridgehead atoms. The molecule has 1 fully saturated rings. The van der Waals surface area contributed by atoms with Crippen LogP contribution >= 0.6 is 11.6 Å². The molecule has 2 aromatic heterocycles. The molecule has 0 saturated carbocycles. The average molecular weight is 455 g/mol. The van der Waals surface area contributed by atoms with Gasteiger partial charge < -0.3 is 20.9 Å². The van der Waals surface area contributed by atoms with Crippen LogP contribution < -0.4 is 26.2 Å². The lowest BCUT2D eigenvalue weighted by molar-refractivity contribution is 0.251. The highest BCUT2D eigenvalue weighted by molar-refractivity contribution is 6.22. The van der Waals surface area contributed by atoms with E-state index < -0.39 is 0 Å². The van der Waals surface area contributed by atoms with Crippen LogP contribution in [0, 0.1) is 5.92 Å². The molecular weight excluding hydrogens is 428 g/mol. The lowest BCUT2D eigenvalue weighted by Crippen LogP contribution is -2.48. The van der Waals surface area contributed by atoms with Gasteiger partial charge in [-0.05, 0) is 42.3 Å². The van der Waals surface area contributed by atoms with Crippen LogP contribution in [0.3, 0.4) is 0 Å². The predicted octanol–water partition coefficient (Wildman–Crippen LogP) is 3.52. The van der Waals surface area contributed by atoms with Gasteiger partial charge in [-0.1, -0.05) is 25.4 Å². The summed E-state index contributed by atoms with van der Waals surface area (Å²) >= 11 is 6.41. The van der Waals surface area contributed by atoms with Crippen molar-refractivity contribution < 1.29 is 4.79 Å². The molecule has 9 nitrogen and oxygen atoms in total. The number of fused-ring (bicyclic) bond motifs is 1. The summed E-state index contributed by atoms with van der Waals surface area (Å²) in [5.41, 5.74) is 2.36. The second-order valence-corrected chi connectivity index (χ2v) is 8.54. The summed E-state index contributed by atoms with van der Waals surface area (Å²) in [5, 5.41) is 12.8. The summed E-state index contributed by atoms with van der Waals surface area (Å²) in [7, 11) is 0. The molecule has 1 aromatic carbocycles. The number of halogens is 1. The Hall–Kier alpha value is -3.17. The van der Waals surface area contributed by atoms with Crippen molar-refractivity contribution in [3.05, 3.63) is 42.6 Å². The first-order chi connectivity index (χ1) is 15.5. The number of carbonyl (C=O) groups excluding carboxylic acids is 1. The van der Waals surface area contributed by atoms with Crippen LogP contribution in [0.5, 0.6) is 0 Å². The van der Waals surface area contributed by atoms with Gasteiger partial charge >= 0.3 is 6.03 Å². The number of alkyl halides is 1. The number of rotatable bonds is 6. The van der Waals surface area contributed by atoms with Crippen LogP contribution in [0.15, 0.2) is 42.6 Å². The number of anilines is 4. The molecule has 32 heavy (non-hydrogen) atoms. The quantitative estimate of drug-likeness (QED) is 0.333. The number of benzene rings is 1. The number of nitrogens with one attached hydrogen (secondary N) is 4. The number of aromatic nitrogens is 3. The molecule has 168 valence electrons. The number of urea groups is 1. The van der Waals surface area contributed by atoms with Crippen LogP contribution in [0.1, 0.15) is 13.8 Å². The van der Waals surface area contributed by atoms with E-state index in [0.717, 1.165) is 36.4 Å². The van der Waals surface area contributed by atoms with Crippen LogP contribution in [0.2, 0.25) is 0 Å². The minimum Gasteiger partial charge on any atom is -0.353 e. The average Bonchev–Trinajstić information content (AvgIpc) is 2.78. The second-order valence-electron chi connectivity index (χ2n) is 8.04. The lowest BCUT2D eigenvalue weighted by Gasteiger charge is -2.34. The van der Waals surface area contributed by atoms with E-state index >= 15 is 0 Å². The summed E-state index contributed by atoms with van der Waals surface area (Å²) in [6.07, 6.45) is 1.70. The minimum absolute atomic E-state index is 0.0623. The molecule has 3 aromatic rings. The Morgan fingerprint density at radius 1 is 1.22 bits per heavy atom. The third-order valence-electron chi connectivity index (χ3n) is 4.99. The lowest BCUT2D eigenvalue weighted by atomic mass is 10.2. The molecule has 1 saturated heterocycles. The highest BCUT2D eigenvalue weighted by Gasteiger charge is 2.19. The molecular formula is C22H27ClN8O. The molecule has 1 atom stereocenters. The van der Waals surface area contributed by atoms with Gasteiger partial charge in [0.2, 0.25) is 5.95 Å². The zero-order valence-corrected chi connectivity index (χ0v) is 18.9. The van der Waals surface area contributed by atoms with Crippen molar-refractivity contribution in [3.8, 4) is 0 Å². The summed E-state index contributed by atoms with van der Waals surface area (Å²) in [6.45, 7) is 7.20. The Bertz CT molecular complexity index is 1080. The van der Waals surface area contributed by atoms with E-state index in [1.807, 2.05) is 44.2 Å². The standard InChI is InChI=1S/C22H27ClN8O/c1-14(2)11-26-22(32)29-19-8-3-15-12-25-21(30-20(15)28-19)27-16-4-6-17(7-5-16)31-10-9-24-13-18(31)23/h3-8,12,14,18,24H,9-11,13H2,1-2H3,(H3,25,26,27,28,29,30,32). The molecule has 1 unspecified atom stereocenters. The van der Waals surface area contributed by atoms with Gasteiger partial charge in [-0.3, -0.25) is 5.32 Å². The normalized spacial score (nSPS) is 16.2. The first kappa shape index (κ1) is 22.0. The maximum absolute atomic E-state index is 12.0. The van der Waals surface area contributed by atoms with Crippen molar-refractivity contribution in [1.82, 2.24) is 25.6 Å². The summed E-state index contributed by atoms with van der Waals surface area (Å²) in [6, 6.07) is 11.3. The van der Waals surface area contributed by atoms with Crippen LogP contribution in [-0.2, 0) is 0 Å². The number of amides is 2. The van der Waals surface area contributed by atoms with Crippen molar-refractivity contribution in [1.29, 1.82) is 0 Å². The minimum atomic E-state index is -0.290. The molecule has 0 spiro atoms. The fraction of sp³-hybridized carbons (Fsp3) is 0.364. The Labute approximate surface area is 192 Å². The number of carbonyl (C=O) groups is 1. The summed E-state index contributed by atoms with van der Waals surface area (Å²) in [5.74, 6) is 1.23. The molecule has 1 aliphatic heterocycles. The fourth-order valence-corrected chi connectivity index (χ4v) is 3.64. The van der Waals surface area contributed by atoms with Gasteiger partial charge in [0.15, 0.2) is 5.65 Å². The molecule has 0 radical (unpaired) electrons. The number of hydrogen-bond donors (Lipinski definition) is 4. The van der Waals surface area contributed by atoms with Crippen molar-refractivity contribution in [2.75, 3.05) is 41.7 Å². The largest absolute Gasteiger partial charge is 0.353 e. The molecule has 4 rings (SSSR count). The number of piperazine rings is 1. The molecule has 0 aliphatic carbocycles. The smallest absolute Gasteiger partial charge is 0.320 e. The van der Waals surface area contributed by atoms with E-state index in [9.17, 15) is 4.79 Å². The van der Waals surface area contributed by atoms with E-state index in [4.69, 9.17) is 11.6 Å². The highest BCUT2D eigenvalue weighted by Crippen LogP contribution is 2.24. The van der Waals surface area contributed by atoms with Gasteiger partial charge in [0.25, 0.3) is 0 Å². The topological polar surface area (TPSA) is 107 Å². The third-order valence-corrected chi connectivity index (χ3v) is 5.38. The first-order valence-corrected chi connectivity index (χ1v) is 11.1. The highest BCUT2D eigenvalue weighted by atomic mass is 35.5. The van der Waals surface area contributed by atoms with Gasteiger partial charge in [-0.15, -0.1) is 0 Å². The molecule has 4 N–H and O–H groups in total. The van der Waals surface area contributed by atoms with Crippen LogP contribution in [0.25, 0.3) is 11.0 Å². The summed E-state index contributed by atoms with van der Waals surface area (Å²) < 4.78 is 0. The van der Waals surface area contributed by atoms with Gasteiger partial charge in [0.1, 0.15) is 11.3 Å². The number of pyridine rings is 1. The van der Waals surface area contributed by atoms with Crippen molar-refractivity contribution in [2.45, 2.75) is 19.3 Å². The monoisotopic (exact) mass is 454 g/mol. The fourth-order valence-electron chi connectivity index (χ4n) is 3.32. The van der Waals surface area contributed by atoms with Gasteiger partial charge in [0.05, 0.1) is 0 Å². The van der Waals surface area contributed by atoms with Crippen molar-refractivity contribution in [3.63, 3.8) is 0 Å². The predicted molar refractivity (Wildman–Crippen MR) is 129 cm³/mol. The molecule has 3 heterocycles. The van der Waals surface area contributed by atoms with Gasteiger partial charge in [-0.25, -0.2) is 14.8 Å². The number of nitrogens with zero attached hydrogens (tertiary/aromatic N) is 4. The second kappa shape index (κ2) is 9.97. The SMILES string of the molecule is CC(C)CNC(=O)Nc1ccc2cnc(Nc3ccc(N4CCNCC4Cl)cc3)nc2n1.